The summed E-state index contributed by atoms with van der Waals surface area (Å²) >= 11 is 0. The number of hydrogen-bond acceptors (Lipinski definition) is 6. The molecule has 1 aliphatic rings. The van der Waals surface area contributed by atoms with Gasteiger partial charge in [-0.2, -0.15) is 26.3 Å². The second kappa shape index (κ2) is 9.04. The maximum atomic E-state index is 11.5. The van der Waals surface area contributed by atoms with Crippen molar-refractivity contribution in [2.45, 2.75) is 17.6 Å². The molecule has 0 saturated carbocycles. The zero-order valence-electron chi connectivity index (χ0n) is 14.4. The Balaban J connectivity index is 0.000000290. The Hall–Kier alpha value is -2.26. The SMILES string of the molecule is C=CN1C=CN(Cc2ccccc2)C1.O=S(=O)(NS(=O)(=O)C(F)(F)F)C(F)(F)F. The van der Waals surface area contributed by atoms with Gasteiger partial charge in [0.1, 0.15) is 0 Å². The van der Waals surface area contributed by atoms with Crippen LogP contribution in [0.25, 0.3) is 0 Å². The van der Waals surface area contributed by atoms with Crippen LogP contribution in [0.1, 0.15) is 5.56 Å². The molecule has 1 heterocycles. The van der Waals surface area contributed by atoms with E-state index in [4.69, 9.17) is 0 Å². The maximum absolute atomic E-state index is 11.5. The molecule has 0 radical (unpaired) electrons. The van der Waals surface area contributed by atoms with Crippen LogP contribution in [0, 0.1) is 0 Å². The molecule has 0 saturated heterocycles. The highest BCUT2D eigenvalue weighted by molar-refractivity contribution is 8.05. The van der Waals surface area contributed by atoms with Gasteiger partial charge in [-0.3, -0.25) is 0 Å². The zero-order chi connectivity index (χ0) is 22.5. The van der Waals surface area contributed by atoms with E-state index < -0.39 is 35.2 Å². The second-order valence-corrected chi connectivity index (χ2v) is 8.96. The van der Waals surface area contributed by atoms with E-state index in [1.807, 2.05) is 18.5 Å². The molecule has 0 aliphatic carbocycles. The Morgan fingerprint density at radius 2 is 1.41 bits per heavy atom. The third-order valence-corrected chi connectivity index (χ3v) is 6.08. The summed E-state index contributed by atoms with van der Waals surface area (Å²) in [6.45, 7) is 5.59. The van der Waals surface area contributed by atoms with Crippen LogP contribution in [0.15, 0.2) is 55.5 Å². The highest BCUT2D eigenvalue weighted by Crippen LogP contribution is 2.27. The molecule has 0 bridgehead atoms. The van der Waals surface area contributed by atoms with Crippen LogP contribution < -0.4 is 4.13 Å². The number of sulfonamides is 2. The van der Waals surface area contributed by atoms with Gasteiger partial charge in [0.05, 0.1) is 6.67 Å². The van der Waals surface area contributed by atoms with E-state index in [1.165, 1.54) is 5.56 Å². The van der Waals surface area contributed by atoms with E-state index in [0.717, 1.165) is 13.2 Å². The van der Waals surface area contributed by atoms with Gasteiger partial charge in [-0.25, -0.2) is 16.8 Å². The molecule has 0 fully saturated rings. The summed E-state index contributed by atoms with van der Waals surface area (Å²) < 4.78 is 108. The Morgan fingerprint density at radius 1 is 0.931 bits per heavy atom. The molecule has 0 aromatic heterocycles. The summed E-state index contributed by atoms with van der Waals surface area (Å²) in [4.78, 5) is 4.31. The minimum Gasteiger partial charge on any atom is -0.354 e. The van der Waals surface area contributed by atoms with E-state index >= 15 is 0 Å². The molecule has 1 aromatic carbocycles. The first kappa shape index (κ1) is 24.8. The highest BCUT2D eigenvalue weighted by Gasteiger charge is 2.55. The third-order valence-electron chi connectivity index (χ3n) is 3.11. The predicted molar refractivity (Wildman–Crippen MR) is 91.1 cm³/mol. The molecular weight excluding hydrogens is 452 g/mol. The first-order chi connectivity index (χ1) is 13.1. The Morgan fingerprint density at radius 3 is 1.79 bits per heavy atom. The van der Waals surface area contributed by atoms with Crippen molar-refractivity contribution in [2.24, 2.45) is 0 Å². The summed E-state index contributed by atoms with van der Waals surface area (Å²) in [5.41, 5.74) is -11.0. The first-order valence-corrected chi connectivity index (χ1v) is 10.3. The normalized spacial score (nSPS) is 15.1. The van der Waals surface area contributed by atoms with Gasteiger partial charge in [-0.1, -0.05) is 41.0 Å². The van der Waals surface area contributed by atoms with Crippen molar-refractivity contribution < 1.29 is 43.2 Å². The fourth-order valence-electron chi connectivity index (χ4n) is 1.76. The van der Waals surface area contributed by atoms with Gasteiger partial charge in [-0.05, 0) is 11.8 Å². The van der Waals surface area contributed by atoms with Crippen LogP contribution in [0.4, 0.5) is 26.3 Å². The van der Waals surface area contributed by atoms with Gasteiger partial charge >= 0.3 is 31.1 Å². The smallest absolute Gasteiger partial charge is 0.354 e. The molecule has 15 heteroatoms. The van der Waals surface area contributed by atoms with Crippen molar-refractivity contribution in [3.05, 3.63) is 61.1 Å². The van der Waals surface area contributed by atoms with E-state index in [2.05, 4.69) is 46.8 Å². The number of nitrogens with zero attached hydrogens (tertiary/aromatic N) is 2. The number of hydrogen-bond donors (Lipinski definition) is 1. The molecule has 2 rings (SSSR count). The van der Waals surface area contributed by atoms with Crippen molar-refractivity contribution in [1.82, 2.24) is 13.9 Å². The summed E-state index contributed by atoms with van der Waals surface area (Å²) in [6, 6.07) is 10.5. The van der Waals surface area contributed by atoms with Crippen LogP contribution in [-0.2, 0) is 26.6 Å². The monoisotopic (exact) mass is 467 g/mol. The molecular formula is C14H15F6N3O4S2. The largest absolute Gasteiger partial charge is 0.512 e. The fraction of sp³-hybridized carbons (Fsp3) is 0.286. The molecule has 164 valence electrons. The van der Waals surface area contributed by atoms with Crippen molar-refractivity contribution >= 4 is 20.0 Å². The minimum atomic E-state index is -6.60. The molecule has 1 aromatic rings. The van der Waals surface area contributed by atoms with E-state index in [0.29, 0.717) is 0 Å². The zero-order valence-corrected chi connectivity index (χ0v) is 16.0. The molecule has 0 spiro atoms. The molecule has 0 atom stereocenters. The van der Waals surface area contributed by atoms with E-state index in [-0.39, 0.29) is 0 Å². The van der Waals surface area contributed by atoms with Gasteiger partial charge < -0.3 is 9.80 Å². The Bertz CT molecular complexity index is 886. The molecule has 0 unspecified atom stereocenters. The molecule has 7 nitrogen and oxygen atoms in total. The molecule has 1 aliphatic heterocycles. The summed E-state index contributed by atoms with van der Waals surface area (Å²) in [6.07, 6.45) is 5.96. The predicted octanol–water partition coefficient (Wildman–Crippen LogP) is 2.65. The van der Waals surface area contributed by atoms with Crippen LogP contribution in [-0.4, -0.2) is 44.3 Å². The highest BCUT2D eigenvalue weighted by atomic mass is 32.3. The number of halogens is 6. The van der Waals surface area contributed by atoms with Crippen molar-refractivity contribution in [1.29, 1.82) is 0 Å². The van der Waals surface area contributed by atoms with Crippen LogP contribution in [0.2, 0.25) is 0 Å². The van der Waals surface area contributed by atoms with E-state index in [9.17, 15) is 43.2 Å². The van der Waals surface area contributed by atoms with Gasteiger partial charge in [0.25, 0.3) is 0 Å². The lowest BCUT2D eigenvalue weighted by molar-refractivity contribution is -0.0476. The van der Waals surface area contributed by atoms with Gasteiger partial charge in [0.15, 0.2) is 0 Å². The average Bonchev–Trinajstić information content (AvgIpc) is 3.01. The quantitative estimate of drug-likeness (QED) is 0.671. The Kier molecular flexibility index (Phi) is 7.73. The second-order valence-electron chi connectivity index (χ2n) is 5.35. The first-order valence-electron chi connectivity index (χ1n) is 7.35. The topological polar surface area (TPSA) is 86.8 Å². The average molecular weight is 467 g/mol. The van der Waals surface area contributed by atoms with E-state index in [1.54, 1.807) is 0 Å². The number of nitrogens with one attached hydrogen (secondary N) is 1. The van der Waals surface area contributed by atoms with Crippen molar-refractivity contribution in [3.63, 3.8) is 0 Å². The van der Waals surface area contributed by atoms with Crippen LogP contribution in [0.3, 0.4) is 0 Å². The third kappa shape index (κ3) is 7.25. The fourth-order valence-corrected chi connectivity index (χ4v) is 3.67. The standard InChI is InChI=1S/C12H14N2.C2HF6NO4S2/c1-2-13-8-9-14(11-13)10-12-6-4-3-5-7-12;3-1(4,5)14(10,11)9-15(12,13)2(6,7)8/h2-9H,1,10-11H2;9H. The number of alkyl halides is 6. The molecule has 29 heavy (non-hydrogen) atoms. The maximum Gasteiger partial charge on any atom is 0.512 e. The summed E-state index contributed by atoms with van der Waals surface area (Å²) in [5, 5.41) is 0. The number of benzene rings is 1. The van der Waals surface area contributed by atoms with Gasteiger partial charge in [-0.15, -0.1) is 0 Å². The lowest BCUT2D eigenvalue weighted by Gasteiger charge is -2.18. The molecule has 1 N–H and O–H groups in total. The molecule has 0 amide bonds. The number of rotatable bonds is 5. The Labute approximate surface area is 163 Å². The van der Waals surface area contributed by atoms with Crippen molar-refractivity contribution in [2.75, 3.05) is 6.67 Å². The van der Waals surface area contributed by atoms with Crippen molar-refractivity contribution in [3.8, 4) is 0 Å². The van der Waals surface area contributed by atoms with Crippen LogP contribution in [0.5, 0.6) is 0 Å². The lowest BCUT2D eigenvalue weighted by atomic mass is 10.2. The van der Waals surface area contributed by atoms with Gasteiger partial charge in [0, 0.05) is 18.9 Å². The lowest BCUT2D eigenvalue weighted by Crippen LogP contribution is -2.45. The summed E-state index contributed by atoms with van der Waals surface area (Å²) in [7, 11) is -13.2. The minimum absolute atomic E-state index is 0.493. The van der Waals surface area contributed by atoms with Crippen LogP contribution >= 0.6 is 0 Å². The summed E-state index contributed by atoms with van der Waals surface area (Å²) in [5.74, 6) is 0. The van der Waals surface area contributed by atoms with Gasteiger partial charge in [0.2, 0.25) is 0 Å².